The number of pyridine rings is 1. The monoisotopic (exact) mass is 410 g/mol. The van der Waals surface area contributed by atoms with Gasteiger partial charge in [-0.25, -0.2) is 4.98 Å². The molecule has 4 rings (SSSR count). The normalized spacial score (nSPS) is 11.2. The number of nitrogens with one attached hydrogen (secondary N) is 1. The van der Waals surface area contributed by atoms with Gasteiger partial charge in [0, 0.05) is 23.4 Å². The zero-order valence-electron chi connectivity index (χ0n) is 14.2. The summed E-state index contributed by atoms with van der Waals surface area (Å²) in [6.45, 7) is 1.90. The van der Waals surface area contributed by atoms with Crippen LogP contribution in [0.2, 0.25) is 0 Å². The zero-order valence-corrected chi connectivity index (χ0v) is 15.7. The highest BCUT2D eigenvalue weighted by Crippen LogP contribution is 2.19. The van der Waals surface area contributed by atoms with Gasteiger partial charge < -0.3 is 9.88 Å². The van der Waals surface area contributed by atoms with E-state index in [1.807, 2.05) is 25.1 Å². The summed E-state index contributed by atoms with van der Waals surface area (Å²) in [5.41, 5.74) is 2.84. The Hall–Kier alpha value is -2.93. The predicted molar refractivity (Wildman–Crippen MR) is 105 cm³/mol. The highest BCUT2D eigenvalue weighted by Gasteiger charge is 2.18. The van der Waals surface area contributed by atoms with E-state index in [9.17, 15) is 9.59 Å². The molecule has 7 heteroatoms. The highest BCUT2D eigenvalue weighted by molar-refractivity contribution is 9.10. The van der Waals surface area contributed by atoms with Gasteiger partial charge in [0.1, 0.15) is 17.0 Å². The molecule has 0 saturated heterocycles. The van der Waals surface area contributed by atoms with Crippen LogP contribution in [0, 0.1) is 6.92 Å². The van der Waals surface area contributed by atoms with Crippen LogP contribution in [-0.2, 0) is 7.05 Å². The number of carbonyl (C=O) groups excluding carboxylic acids is 1. The molecular weight excluding hydrogens is 396 g/mol. The van der Waals surface area contributed by atoms with Crippen molar-refractivity contribution in [3.05, 3.63) is 74.7 Å². The molecule has 1 amide bonds. The number of benzene rings is 1. The lowest BCUT2D eigenvalue weighted by atomic mass is 10.2. The van der Waals surface area contributed by atoms with Crippen molar-refractivity contribution < 1.29 is 4.79 Å². The molecule has 1 N–H and O–H groups in total. The average Bonchev–Trinajstić information content (AvgIpc) is 2.96. The fraction of sp³-hybridized carbons (Fsp3) is 0.105. The van der Waals surface area contributed by atoms with Gasteiger partial charge in [0.05, 0.1) is 5.39 Å². The Balaban J connectivity index is 1.85. The standard InChI is InChI=1S/C19H15BrN4O2/c1-11-4-3-9-24-16(11)22-17-14(19(24)26)10-15(23(17)2)18(25)21-13-7-5-12(20)6-8-13/h3-10H,1-2H3,(H,21,25). The largest absolute Gasteiger partial charge is 0.324 e. The van der Waals surface area contributed by atoms with Crippen molar-refractivity contribution in [3.8, 4) is 0 Å². The predicted octanol–water partition coefficient (Wildman–Crippen LogP) is 3.51. The van der Waals surface area contributed by atoms with Crippen molar-refractivity contribution in [2.45, 2.75) is 6.92 Å². The van der Waals surface area contributed by atoms with Gasteiger partial charge in [-0.15, -0.1) is 0 Å². The lowest BCUT2D eigenvalue weighted by molar-refractivity contribution is 0.101. The molecule has 0 aliphatic heterocycles. The van der Waals surface area contributed by atoms with Crippen molar-refractivity contribution >= 4 is 44.2 Å². The molecule has 3 heterocycles. The molecule has 0 aliphatic carbocycles. The first kappa shape index (κ1) is 16.5. The van der Waals surface area contributed by atoms with Gasteiger partial charge in [-0.1, -0.05) is 22.0 Å². The molecule has 0 bridgehead atoms. The number of nitrogens with zero attached hydrogens (tertiary/aromatic N) is 3. The molecular formula is C19H15BrN4O2. The van der Waals surface area contributed by atoms with Crippen molar-refractivity contribution in [2.75, 3.05) is 5.32 Å². The SMILES string of the molecule is Cc1cccn2c(=O)c3cc(C(=O)Nc4ccc(Br)cc4)n(C)c3nc12. The van der Waals surface area contributed by atoms with Gasteiger partial charge in [0.2, 0.25) is 0 Å². The van der Waals surface area contributed by atoms with E-state index < -0.39 is 0 Å². The number of fused-ring (bicyclic) bond motifs is 2. The molecule has 6 nitrogen and oxygen atoms in total. The van der Waals surface area contributed by atoms with E-state index in [0.29, 0.717) is 28.1 Å². The van der Waals surface area contributed by atoms with E-state index in [0.717, 1.165) is 10.0 Å². The number of rotatable bonds is 2. The van der Waals surface area contributed by atoms with E-state index in [1.165, 1.54) is 4.40 Å². The fourth-order valence-electron chi connectivity index (χ4n) is 2.98. The summed E-state index contributed by atoms with van der Waals surface area (Å²) in [6, 6.07) is 12.6. The van der Waals surface area contributed by atoms with Gasteiger partial charge in [0.25, 0.3) is 11.5 Å². The summed E-state index contributed by atoms with van der Waals surface area (Å²) in [5.74, 6) is -0.294. The van der Waals surface area contributed by atoms with Crippen LogP contribution < -0.4 is 10.9 Å². The minimum Gasteiger partial charge on any atom is -0.324 e. The van der Waals surface area contributed by atoms with Crippen molar-refractivity contribution in [2.24, 2.45) is 7.05 Å². The van der Waals surface area contributed by atoms with Gasteiger partial charge in [-0.3, -0.25) is 14.0 Å². The summed E-state index contributed by atoms with van der Waals surface area (Å²) >= 11 is 3.36. The summed E-state index contributed by atoms with van der Waals surface area (Å²) in [5, 5.41) is 3.26. The number of aryl methyl sites for hydroxylation is 2. The molecule has 3 aromatic heterocycles. The molecule has 0 radical (unpaired) electrons. The molecule has 26 heavy (non-hydrogen) atoms. The first-order valence-electron chi connectivity index (χ1n) is 8.00. The van der Waals surface area contributed by atoms with Crippen LogP contribution in [0.3, 0.4) is 0 Å². The summed E-state index contributed by atoms with van der Waals surface area (Å²) in [7, 11) is 1.74. The second-order valence-electron chi connectivity index (χ2n) is 6.09. The molecule has 0 unspecified atom stereocenters. The van der Waals surface area contributed by atoms with E-state index in [4.69, 9.17) is 0 Å². The van der Waals surface area contributed by atoms with E-state index in [-0.39, 0.29) is 11.5 Å². The molecule has 130 valence electrons. The molecule has 0 fully saturated rings. The van der Waals surface area contributed by atoms with Crippen LogP contribution in [0.25, 0.3) is 16.7 Å². The lowest BCUT2D eigenvalue weighted by Crippen LogP contribution is -2.16. The third-order valence-corrected chi connectivity index (χ3v) is 4.89. The molecule has 4 aromatic rings. The van der Waals surface area contributed by atoms with Crippen LogP contribution in [0.1, 0.15) is 16.1 Å². The number of aromatic nitrogens is 3. The quantitative estimate of drug-likeness (QED) is 0.549. The molecule has 0 saturated carbocycles. The van der Waals surface area contributed by atoms with Gasteiger partial charge in [-0.2, -0.15) is 0 Å². The smallest absolute Gasteiger partial charge is 0.272 e. The van der Waals surface area contributed by atoms with Gasteiger partial charge >= 0.3 is 0 Å². The Morgan fingerprint density at radius 2 is 1.88 bits per heavy atom. The van der Waals surface area contributed by atoms with Crippen molar-refractivity contribution in [1.82, 2.24) is 14.0 Å². The highest BCUT2D eigenvalue weighted by atomic mass is 79.9. The Bertz CT molecular complexity index is 1220. The third kappa shape index (κ3) is 2.61. The molecule has 1 aromatic carbocycles. The number of hydrogen-bond acceptors (Lipinski definition) is 3. The van der Waals surface area contributed by atoms with Gasteiger partial charge in [0.15, 0.2) is 0 Å². The summed E-state index contributed by atoms with van der Waals surface area (Å²) in [6.07, 6.45) is 1.69. The summed E-state index contributed by atoms with van der Waals surface area (Å²) < 4.78 is 4.09. The Kier molecular flexibility index (Phi) is 3.88. The topological polar surface area (TPSA) is 68.4 Å². The zero-order chi connectivity index (χ0) is 18.4. The van der Waals surface area contributed by atoms with Crippen molar-refractivity contribution in [1.29, 1.82) is 0 Å². The first-order valence-corrected chi connectivity index (χ1v) is 8.79. The van der Waals surface area contributed by atoms with E-state index >= 15 is 0 Å². The maximum Gasteiger partial charge on any atom is 0.272 e. The molecule has 0 aliphatic rings. The Morgan fingerprint density at radius 3 is 2.62 bits per heavy atom. The second kappa shape index (κ2) is 6.10. The van der Waals surface area contributed by atoms with Crippen molar-refractivity contribution in [3.63, 3.8) is 0 Å². The fourth-order valence-corrected chi connectivity index (χ4v) is 3.24. The number of anilines is 1. The lowest BCUT2D eigenvalue weighted by Gasteiger charge is -2.07. The third-order valence-electron chi connectivity index (χ3n) is 4.36. The second-order valence-corrected chi connectivity index (χ2v) is 7.00. The Morgan fingerprint density at radius 1 is 1.15 bits per heavy atom. The minimum atomic E-state index is -0.294. The Labute approximate surface area is 157 Å². The summed E-state index contributed by atoms with van der Waals surface area (Å²) in [4.78, 5) is 30.1. The number of carbonyl (C=O) groups is 1. The van der Waals surface area contributed by atoms with Crippen LogP contribution in [0.15, 0.2) is 57.9 Å². The number of halogens is 1. The van der Waals surface area contributed by atoms with Gasteiger partial charge in [-0.05, 0) is 48.9 Å². The van der Waals surface area contributed by atoms with Crippen LogP contribution in [0.5, 0.6) is 0 Å². The molecule has 0 spiro atoms. The maximum absolute atomic E-state index is 12.8. The first-order chi connectivity index (χ1) is 12.5. The van der Waals surface area contributed by atoms with Crippen LogP contribution in [0.4, 0.5) is 5.69 Å². The van der Waals surface area contributed by atoms with E-state index in [2.05, 4.69) is 26.2 Å². The average molecular weight is 411 g/mol. The molecule has 0 atom stereocenters. The van der Waals surface area contributed by atoms with Crippen LogP contribution >= 0.6 is 15.9 Å². The maximum atomic E-state index is 12.8. The van der Waals surface area contributed by atoms with E-state index in [1.54, 1.807) is 42.1 Å². The minimum absolute atomic E-state index is 0.188. The number of amides is 1. The van der Waals surface area contributed by atoms with Crippen LogP contribution in [-0.4, -0.2) is 19.9 Å². The number of hydrogen-bond donors (Lipinski definition) is 1.